The number of rotatable bonds is 6. The number of benzene rings is 2. The van der Waals surface area contributed by atoms with Crippen molar-refractivity contribution in [3.63, 3.8) is 0 Å². The van der Waals surface area contributed by atoms with E-state index in [1.54, 1.807) is 42.5 Å². The molecule has 2 aromatic rings. The summed E-state index contributed by atoms with van der Waals surface area (Å²) in [5, 5.41) is 3.28. The lowest BCUT2D eigenvalue weighted by Crippen LogP contribution is -2.15. The minimum Gasteiger partial charge on any atom is -0.482 e. The average molecular weight is 375 g/mol. The number of nitrogens with one attached hydrogen (secondary N) is 1. The maximum atomic E-state index is 12.9. The molecule has 1 atom stereocenters. The van der Waals surface area contributed by atoms with Gasteiger partial charge in [-0.2, -0.15) is 0 Å². The van der Waals surface area contributed by atoms with Gasteiger partial charge >= 0.3 is 5.97 Å². The molecule has 0 aliphatic carbocycles. The number of sulfone groups is 1. The Morgan fingerprint density at radius 1 is 1.15 bits per heavy atom. The monoisotopic (exact) mass is 375 g/mol. The van der Waals surface area contributed by atoms with Gasteiger partial charge in [0.15, 0.2) is 6.61 Å². The van der Waals surface area contributed by atoms with Gasteiger partial charge in [0.2, 0.25) is 9.84 Å². The van der Waals surface area contributed by atoms with E-state index < -0.39 is 15.8 Å². The molecule has 1 fully saturated rings. The molecule has 0 spiro atoms. The van der Waals surface area contributed by atoms with Gasteiger partial charge in [0.1, 0.15) is 5.75 Å². The van der Waals surface area contributed by atoms with Crippen LogP contribution in [0.25, 0.3) is 0 Å². The second-order valence-electron chi connectivity index (χ2n) is 6.07. The minimum atomic E-state index is -3.66. The van der Waals surface area contributed by atoms with E-state index in [0.29, 0.717) is 5.75 Å². The Bertz CT molecular complexity index is 874. The second-order valence-corrected chi connectivity index (χ2v) is 8.02. The topological polar surface area (TPSA) is 81.7 Å². The van der Waals surface area contributed by atoms with E-state index in [1.807, 2.05) is 0 Å². The zero-order valence-electron chi connectivity index (χ0n) is 14.5. The lowest BCUT2D eigenvalue weighted by Gasteiger charge is -2.17. The van der Waals surface area contributed by atoms with Crippen molar-refractivity contribution in [2.45, 2.75) is 22.1 Å². The third-order valence-corrected chi connectivity index (χ3v) is 6.19. The molecule has 1 aliphatic rings. The van der Waals surface area contributed by atoms with Crippen molar-refractivity contribution in [2.75, 3.05) is 26.8 Å². The van der Waals surface area contributed by atoms with E-state index in [2.05, 4.69) is 10.1 Å². The first-order chi connectivity index (χ1) is 12.5. The molecule has 1 N–H and O–H groups in total. The molecule has 0 aromatic heterocycles. The molecule has 0 unspecified atom stereocenters. The van der Waals surface area contributed by atoms with Crippen LogP contribution in [0.15, 0.2) is 58.3 Å². The van der Waals surface area contributed by atoms with E-state index in [9.17, 15) is 13.2 Å². The number of hydrogen-bond acceptors (Lipinski definition) is 6. The Morgan fingerprint density at radius 2 is 1.92 bits per heavy atom. The predicted molar refractivity (Wildman–Crippen MR) is 96.1 cm³/mol. The highest BCUT2D eigenvalue weighted by Crippen LogP contribution is 2.34. The number of hydrogen-bond donors (Lipinski definition) is 1. The fraction of sp³-hybridized carbons (Fsp3) is 0.316. The molecular formula is C19H21NO5S. The molecule has 0 amide bonds. The maximum Gasteiger partial charge on any atom is 0.343 e. The minimum absolute atomic E-state index is 0.137. The molecule has 1 heterocycles. The molecule has 138 valence electrons. The fourth-order valence-electron chi connectivity index (χ4n) is 3.00. The van der Waals surface area contributed by atoms with Crippen LogP contribution in [0.5, 0.6) is 5.75 Å². The van der Waals surface area contributed by atoms with Crippen LogP contribution in [-0.2, 0) is 19.4 Å². The van der Waals surface area contributed by atoms with Crippen LogP contribution in [0.4, 0.5) is 0 Å². The molecule has 6 nitrogen and oxygen atoms in total. The van der Waals surface area contributed by atoms with E-state index in [0.717, 1.165) is 25.1 Å². The molecule has 1 saturated heterocycles. The van der Waals surface area contributed by atoms with Crippen molar-refractivity contribution in [1.29, 1.82) is 0 Å². The van der Waals surface area contributed by atoms with Crippen molar-refractivity contribution in [2.24, 2.45) is 0 Å². The van der Waals surface area contributed by atoms with Crippen LogP contribution >= 0.6 is 0 Å². The Labute approximate surface area is 153 Å². The summed E-state index contributed by atoms with van der Waals surface area (Å²) in [5.41, 5.74) is 0.894. The van der Waals surface area contributed by atoms with E-state index in [1.165, 1.54) is 13.2 Å². The van der Waals surface area contributed by atoms with Crippen LogP contribution in [0.3, 0.4) is 0 Å². The van der Waals surface area contributed by atoms with Gasteiger partial charge in [-0.05, 0) is 42.8 Å². The zero-order valence-corrected chi connectivity index (χ0v) is 15.3. The summed E-state index contributed by atoms with van der Waals surface area (Å²) in [4.78, 5) is 11.8. The van der Waals surface area contributed by atoms with Crippen LogP contribution in [0, 0.1) is 0 Å². The van der Waals surface area contributed by atoms with Gasteiger partial charge in [-0.1, -0.05) is 24.3 Å². The highest BCUT2D eigenvalue weighted by atomic mass is 32.2. The summed E-state index contributed by atoms with van der Waals surface area (Å²) >= 11 is 0. The SMILES string of the molecule is COC(=O)COc1cc(S(=O)(=O)c2ccccc2)ccc1[C@@H]1CCNC1. The number of esters is 1. The molecule has 0 bridgehead atoms. The third kappa shape index (κ3) is 3.89. The summed E-state index contributed by atoms with van der Waals surface area (Å²) in [5.74, 6) is 0.106. The molecular weight excluding hydrogens is 354 g/mol. The smallest absolute Gasteiger partial charge is 0.343 e. The zero-order chi connectivity index (χ0) is 18.6. The normalized spacial score (nSPS) is 17.0. The molecule has 2 aromatic carbocycles. The summed E-state index contributed by atoms with van der Waals surface area (Å²) < 4.78 is 35.9. The van der Waals surface area contributed by atoms with Gasteiger partial charge in [-0.25, -0.2) is 13.2 Å². The van der Waals surface area contributed by atoms with Crippen LogP contribution in [-0.4, -0.2) is 41.2 Å². The third-order valence-electron chi connectivity index (χ3n) is 4.42. The van der Waals surface area contributed by atoms with Gasteiger partial charge in [-0.15, -0.1) is 0 Å². The first-order valence-electron chi connectivity index (χ1n) is 8.37. The van der Waals surface area contributed by atoms with E-state index in [-0.39, 0.29) is 22.3 Å². The molecule has 3 rings (SSSR count). The largest absolute Gasteiger partial charge is 0.482 e. The standard InChI is InChI=1S/C19H21NO5S/c1-24-19(21)13-25-18-11-16(7-8-17(18)14-9-10-20-12-14)26(22,23)15-5-3-2-4-6-15/h2-8,11,14,20H,9-10,12-13H2,1H3/t14-/m1/s1. The predicted octanol–water partition coefficient (Wildman–Crippen LogP) is 2.15. The Balaban J connectivity index is 1.98. The number of carbonyl (C=O) groups excluding carboxylic acids is 1. The Hall–Kier alpha value is -2.38. The first-order valence-corrected chi connectivity index (χ1v) is 9.85. The van der Waals surface area contributed by atoms with Crippen molar-refractivity contribution in [1.82, 2.24) is 5.32 Å². The van der Waals surface area contributed by atoms with Crippen molar-refractivity contribution < 1.29 is 22.7 Å². The Kier molecular flexibility index (Phi) is 5.58. The van der Waals surface area contributed by atoms with Crippen molar-refractivity contribution >= 4 is 15.8 Å². The fourth-order valence-corrected chi connectivity index (χ4v) is 4.29. The lowest BCUT2D eigenvalue weighted by molar-refractivity contribution is -0.142. The number of ether oxygens (including phenoxy) is 2. The van der Waals surface area contributed by atoms with Gasteiger partial charge in [0.25, 0.3) is 0 Å². The first kappa shape index (κ1) is 18.4. The van der Waals surface area contributed by atoms with Gasteiger partial charge < -0.3 is 14.8 Å². The van der Waals surface area contributed by atoms with Gasteiger partial charge in [-0.3, -0.25) is 0 Å². The highest BCUT2D eigenvalue weighted by molar-refractivity contribution is 7.91. The lowest BCUT2D eigenvalue weighted by atomic mass is 9.97. The maximum absolute atomic E-state index is 12.9. The highest BCUT2D eigenvalue weighted by Gasteiger charge is 2.24. The average Bonchev–Trinajstić information content (AvgIpc) is 3.21. The molecule has 0 radical (unpaired) electrons. The summed E-state index contributed by atoms with van der Waals surface area (Å²) in [6.45, 7) is 1.42. The quantitative estimate of drug-likeness (QED) is 0.779. The molecule has 0 saturated carbocycles. The van der Waals surface area contributed by atoms with E-state index in [4.69, 9.17) is 4.74 Å². The number of carbonyl (C=O) groups is 1. The molecule has 7 heteroatoms. The van der Waals surface area contributed by atoms with Crippen LogP contribution in [0.1, 0.15) is 17.9 Å². The van der Waals surface area contributed by atoms with Crippen molar-refractivity contribution in [3.05, 3.63) is 54.1 Å². The summed E-state index contributed by atoms with van der Waals surface area (Å²) in [7, 11) is -2.38. The van der Waals surface area contributed by atoms with Gasteiger partial charge in [0.05, 0.1) is 16.9 Å². The van der Waals surface area contributed by atoms with Crippen LogP contribution < -0.4 is 10.1 Å². The summed E-state index contributed by atoms with van der Waals surface area (Å²) in [6.07, 6.45) is 0.930. The molecule has 26 heavy (non-hydrogen) atoms. The second kappa shape index (κ2) is 7.88. The summed E-state index contributed by atoms with van der Waals surface area (Å²) in [6, 6.07) is 13.1. The Morgan fingerprint density at radius 3 is 2.58 bits per heavy atom. The van der Waals surface area contributed by atoms with E-state index >= 15 is 0 Å². The van der Waals surface area contributed by atoms with Crippen LogP contribution in [0.2, 0.25) is 0 Å². The number of methoxy groups -OCH3 is 1. The van der Waals surface area contributed by atoms with Gasteiger partial charge in [0, 0.05) is 12.5 Å². The van der Waals surface area contributed by atoms with Crippen molar-refractivity contribution in [3.8, 4) is 5.75 Å². The molecule has 1 aliphatic heterocycles.